The summed E-state index contributed by atoms with van der Waals surface area (Å²) in [6, 6.07) is 15.9. The number of hydrogen-bond acceptors (Lipinski definition) is 6. The minimum absolute atomic E-state index is 0.0195. The van der Waals surface area contributed by atoms with Gasteiger partial charge in [-0.25, -0.2) is 9.78 Å². The Bertz CT molecular complexity index is 990. The number of hydrogen-bond donors (Lipinski definition) is 1. The smallest absolute Gasteiger partial charge is 0.360 e. The van der Waals surface area contributed by atoms with Gasteiger partial charge in [-0.05, 0) is 50.8 Å². The molecule has 152 valence electrons. The molecule has 3 rings (SSSR count). The van der Waals surface area contributed by atoms with Crippen LogP contribution in [0.25, 0.3) is 10.8 Å². The Morgan fingerprint density at radius 2 is 1.86 bits per heavy atom. The fourth-order valence-corrected chi connectivity index (χ4v) is 3.85. The van der Waals surface area contributed by atoms with Crippen molar-refractivity contribution in [2.75, 3.05) is 20.7 Å². The molecule has 0 saturated heterocycles. The first-order valence-electron chi connectivity index (χ1n) is 9.70. The van der Waals surface area contributed by atoms with E-state index in [0.717, 1.165) is 33.7 Å². The zero-order valence-corrected chi connectivity index (χ0v) is 17.8. The van der Waals surface area contributed by atoms with Crippen molar-refractivity contribution >= 4 is 28.5 Å². The van der Waals surface area contributed by atoms with E-state index in [1.807, 2.05) is 62.3 Å². The molecule has 3 aromatic rings. The summed E-state index contributed by atoms with van der Waals surface area (Å²) in [6.07, 6.45) is 1.71. The van der Waals surface area contributed by atoms with Gasteiger partial charge in [0.25, 0.3) is 0 Å². The highest BCUT2D eigenvalue weighted by Crippen LogP contribution is 2.35. The van der Waals surface area contributed by atoms with Crippen LogP contribution in [0.5, 0.6) is 5.75 Å². The van der Waals surface area contributed by atoms with E-state index in [4.69, 9.17) is 4.74 Å². The maximum Gasteiger partial charge on any atom is 0.360 e. The molecule has 0 fully saturated rings. The molecule has 1 aromatic heterocycles. The van der Waals surface area contributed by atoms with E-state index in [1.165, 1.54) is 0 Å². The second-order valence-electron chi connectivity index (χ2n) is 7.11. The zero-order valence-electron chi connectivity index (χ0n) is 17.0. The van der Waals surface area contributed by atoms with E-state index >= 15 is 0 Å². The summed E-state index contributed by atoms with van der Waals surface area (Å²) in [6.45, 7) is 2.90. The number of carbonyl (C=O) groups excluding carboxylic acids is 1. The summed E-state index contributed by atoms with van der Waals surface area (Å²) in [5.74, 6) is -0.708. The Morgan fingerprint density at radius 3 is 2.55 bits per heavy atom. The van der Waals surface area contributed by atoms with E-state index in [2.05, 4.69) is 17.1 Å². The molecule has 1 heterocycles. The molecule has 6 heteroatoms. The highest BCUT2D eigenvalue weighted by molar-refractivity contribution is 7.99. The number of nitrogens with zero attached hydrogens (tertiary/aromatic N) is 2. The van der Waals surface area contributed by atoms with Crippen LogP contribution in [0, 0.1) is 0 Å². The predicted octanol–water partition coefficient (Wildman–Crippen LogP) is 5.11. The number of aromatic nitrogens is 1. The van der Waals surface area contributed by atoms with E-state index in [1.54, 1.807) is 11.8 Å². The van der Waals surface area contributed by atoms with Crippen molar-refractivity contribution in [2.24, 2.45) is 0 Å². The maximum absolute atomic E-state index is 12.5. The Labute approximate surface area is 175 Å². The quantitative estimate of drug-likeness (QED) is 0.411. The second kappa shape index (κ2) is 9.76. The molecule has 2 aromatic carbocycles. The Morgan fingerprint density at radius 1 is 1.10 bits per heavy atom. The van der Waals surface area contributed by atoms with Crippen molar-refractivity contribution in [2.45, 2.75) is 36.1 Å². The summed E-state index contributed by atoms with van der Waals surface area (Å²) < 4.78 is 5.28. The van der Waals surface area contributed by atoms with Crippen LogP contribution in [-0.4, -0.2) is 41.7 Å². The maximum atomic E-state index is 12.5. The van der Waals surface area contributed by atoms with Crippen LogP contribution in [0.4, 0.5) is 0 Å². The summed E-state index contributed by atoms with van der Waals surface area (Å²) in [7, 11) is 3.89. The monoisotopic (exact) mass is 410 g/mol. The van der Waals surface area contributed by atoms with E-state index in [0.29, 0.717) is 18.5 Å². The minimum Gasteiger partial charge on any atom is -0.505 e. The molecule has 0 aliphatic heterocycles. The Balaban J connectivity index is 2.02. The largest absolute Gasteiger partial charge is 0.505 e. The van der Waals surface area contributed by atoms with E-state index in [9.17, 15) is 9.90 Å². The van der Waals surface area contributed by atoms with Gasteiger partial charge in [-0.15, -0.1) is 0 Å². The molecule has 0 aliphatic carbocycles. The molecule has 29 heavy (non-hydrogen) atoms. The topological polar surface area (TPSA) is 62.7 Å². The molecule has 0 radical (unpaired) electrons. The normalized spacial score (nSPS) is 11.2. The number of esters is 1. The fraction of sp³-hybridized carbons (Fsp3) is 0.304. The first-order chi connectivity index (χ1) is 14.0. The van der Waals surface area contributed by atoms with Crippen molar-refractivity contribution in [3.8, 4) is 5.75 Å². The van der Waals surface area contributed by atoms with Gasteiger partial charge in [0.2, 0.25) is 0 Å². The number of aromatic hydroxyl groups is 1. The van der Waals surface area contributed by atoms with E-state index < -0.39 is 5.97 Å². The molecule has 0 saturated carbocycles. The van der Waals surface area contributed by atoms with Gasteiger partial charge < -0.3 is 14.7 Å². The molecular formula is C23H26N2O3S. The summed E-state index contributed by atoms with van der Waals surface area (Å²) in [5, 5.41) is 12.2. The molecule has 1 N–H and O–H groups in total. The predicted molar refractivity (Wildman–Crippen MR) is 117 cm³/mol. The minimum atomic E-state index is -0.583. The van der Waals surface area contributed by atoms with Crippen LogP contribution in [0.2, 0.25) is 0 Å². The zero-order chi connectivity index (χ0) is 20.8. The third-order valence-corrected chi connectivity index (χ3v) is 5.39. The van der Waals surface area contributed by atoms with Crippen molar-refractivity contribution in [3.63, 3.8) is 0 Å². The molecule has 0 atom stereocenters. The third-order valence-electron chi connectivity index (χ3n) is 4.40. The highest BCUT2D eigenvalue weighted by Gasteiger charge is 2.21. The van der Waals surface area contributed by atoms with E-state index in [-0.39, 0.29) is 11.4 Å². The summed E-state index contributed by atoms with van der Waals surface area (Å²) in [4.78, 5) is 21.1. The van der Waals surface area contributed by atoms with Gasteiger partial charge in [-0.2, -0.15) is 0 Å². The van der Waals surface area contributed by atoms with Crippen molar-refractivity contribution in [3.05, 3.63) is 59.9 Å². The molecular weight excluding hydrogens is 384 g/mol. The lowest BCUT2D eigenvalue weighted by Gasteiger charge is -2.15. The molecule has 0 amide bonds. The number of rotatable bonds is 8. The number of pyridine rings is 1. The van der Waals surface area contributed by atoms with Crippen molar-refractivity contribution < 1.29 is 14.6 Å². The third kappa shape index (κ3) is 5.28. The van der Waals surface area contributed by atoms with Crippen molar-refractivity contribution in [1.29, 1.82) is 0 Å². The van der Waals surface area contributed by atoms with Crippen LogP contribution < -0.4 is 0 Å². The average molecular weight is 411 g/mol. The van der Waals surface area contributed by atoms with Crippen molar-refractivity contribution in [1.82, 2.24) is 9.88 Å². The Kier molecular flexibility index (Phi) is 7.12. The lowest BCUT2D eigenvalue weighted by Crippen LogP contribution is -2.15. The van der Waals surface area contributed by atoms with Gasteiger partial charge in [0.15, 0.2) is 11.4 Å². The number of benzene rings is 2. The molecule has 0 aliphatic rings. The highest BCUT2D eigenvalue weighted by atomic mass is 32.2. The van der Waals surface area contributed by atoms with Crippen LogP contribution in [0.15, 0.2) is 58.3 Å². The van der Waals surface area contributed by atoms with Gasteiger partial charge >= 0.3 is 5.97 Å². The van der Waals surface area contributed by atoms with Gasteiger partial charge in [-0.1, -0.05) is 43.3 Å². The lowest BCUT2D eigenvalue weighted by molar-refractivity contribution is 0.0489. The number of fused-ring (bicyclic) bond motifs is 1. The van der Waals surface area contributed by atoms with Crippen LogP contribution in [-0.2, 0) is 11.3 Å². The summed E-state index contributed by atoms with van der Waals surface area (Å²) in [5.41, 5.74) is 0.717. The van der Waals surface area contributed by atoms with Crippen LogP contribution in [0.1, 0.15) is 35.9 Å². The SMILES string of the molecule is CCCCOC(=O)c1nc(CN(C)C)c2cc(Sc3ccccc3)ccc2c1O. The fourth-order valence-electron chi connectivity index (χ4n) is 2.97. The first-order valence-corrected chi connectivity index (χ1v) is 10.5. The second-order valence-corrected chi connectivity index (χ2v) is 8.25. The van der Waals surface area contributed by atoms with Crippen LogP contribution >= 0.6 is 11.8 Å². The number of unbranched alkanes of at least 4 members (excludes halogenated alkanes) is 1. The van der Waals surface area contributed by atoms with Gasteiger partial charge in [-0.3, -0.25) is 0 Å². The van der Waals surface area contributed by atoms with Gasteiger partial charge in [0, 0.05) is 27.1 Å². The van der Waals surface area contributed by atoms with Crippen LogP contribution in [0.3, 0.4) is 0 Å². The molecule has 0 spiro atoms. The lowest BCUT2D eigenvalue weighted by atomic mass is 10.1. The standard InChI is InChI=1S/C23H26N2O3S/c1-4-5-13-28-23(27)21-22(26)18-12-11-17(29-16-9-7-6-8-10-16)14-19(18)20(24-21)15-25(2)3/h6-12,14,26H,4-5,13,15H2,1-3H3. The number of carbonyl (C=O) groups is 1. The van der Waals surface area contributed by atoms with Gasteiger partial charge in [0.1, 0.15) is 0 Å². The number of ether oxygens (including phenoxy) is 1. The molecule has 5 nitrogen and oxygen atoms in total. The molecule has 0 unspecified atom stereocenters. The average Bonchev–Trinajstić information content (AvgIpc) is 2.70. The summed E-state index contributed by atoms with van der Waals surface area (Å²) >= 11 is 1.65. The Hall–Kier alpha value is -2.57. The molecule has 0 bridgehead atoms. The van der Waals surface area contributed by atoms with Gasteiger partial charge in [0.05, 0.1) is 12.3 Å². The first kappa shape index (κ1) is 21.1.